The monoisotopic (exact) mass is 320 g/mol. The number of aromatic hydroxyl groups is 1. The lowest BCUT2D eigenvalue weighted by molar-refractivity contribution is 0.0694. The molecular formula is C19H16N2O3. The van der Waals surface area contributed by atoms with Crippen LogP contribution in [0.15, 0.2) is 42.5 Å². The van der Waals surface area contributed by atoms with Crippen molar-refractivity contribution in [2.75, 3.05) is 0 Å². The number of carbonyl (C=O) groups is 1. The zero-order valence-electron chi connectivity index (χ0n) is 13.3. The first-order valence-electron chi connectivity index (χ1n) is 7.54. The van der Waals surface area contributed by atoms with Gasteiger partial charge < -0.3 is 14.8 Å². The van der Waals surface area contributed by atoms with Crippen LogP contribution in [-0.4, -0.2) is 20.7 Å². The predicted octanol–water partition coefficient (Wildman–Crippen LogP) is 4.16. The SMILES string of the molecule is CC(C)n1c(C#N)cc2c(-c3ccc(C(=O)O)c(O)c3)cccc21. The summed E-state index contributed by atoms with van der Waals surface area (Å²) < 4.78 is 1.96. The fourth-order valence-corrected chi connectivity index (χ4v) is 3.03. The van der Waals surface area contributed by atoms with Gasteiger partial charge >= 0.3 is 5.97 Å². The van der Waals surface area contributed by atoms with E-state index < -0.39 is 5.97 Å². The van der Waals surface area contributed by atoms with Crippen LogP contribution in [0.2, 0.25) is 0 Å². The number of fused-ring (bicyclic) bond motifs is 1. The van der Waals surface area contributed by atoms with E-state index >= 15 is 0 Å². The van der Waals surface area contributed by atoms with Gasteiger partial charge in [-0.15, -0.1) is 0 Å². The third-order valence-electron chi connectivity index (χ3n) is 4.05. The molecule has 5 heteroatoms. The maximum absolute atomic E-state index is 11.0. The fourth-order valence-electron chi connectivity index (χ4n) is 3.03. The number of hydrogen-bond acceptors (Lipinski definition) is 3. The number of phenols is 1. The van der Waals surface area contributed by atoms with E-state index in [1.165, 1.54) is 12.1 Å². The Hall–Kier alpha value is -3.26. The molecule has 0 saturated heterocycles. The largest absolute Gasteiger partial charge is 0.507 e. The molecule has 0 saturated carbocycles. The molecule has 0 fully saturated rings. The molecule has 0 spiro atoms. The van der Waals surface area contributed by atoms with Gasteiger partial charge in [0, 0.05) is 16.9 Å². The summed E-state index contributed by atoms with van der Waals surface area (Å²) >= 11 is 0. The first-order chi connectivity index (χ1) is 11.4. The number of aromatic carboxylic acids is 1. The molecule has 5 nitrogen and oxygen atoms in total. The highest BCUT2D eigenvalue weighted by molar-refractivity contribution is 5.98. The van der Waals surface area contributed by atoms with E-state index in [2.05, 4.69) is 6.07 Å². The molecular weight excluding hydrogens is 304 g/mol. The summed E-state index contributed by atoms with van der Waals surface area (Å²) in [5.41, 5.74) is 2.91. The van der Waals surface area contributed by atoms with Gasteiger partial charge in [0.2, 0.25) is 0 Å². The number of hydrogen-bond donors (Lipinski definition) is 2. The second-order valence-electron chi connectivity index (χ2n) is 5.88. The first kappa shape index (κ1) is 15.6. The van der Waals surface area contributed by atoms with E-state index in [0.29, 0.717) is 11.3 Å². The van der Waals surface area contributed by atoms with Crippen LogP contribution in [0, 0.1) is 11.3 Å². The minimum Gasteiger partial charge on any atom is -0.507 e. The second kappa shape index (κ2) is 5.74. The van der Waals surface area contributed by atoms with Crippen LogP contribution < -0.4 is 0 Å². The van der Waals surface area contributed by atoms with E-state index in [4.69, 9.17) is 5.11 Å². The zero-order chi connectivity index (χ0) is 17.4. The van der Waals surface area contributed by atoms with E-state index in [-0.39, 0.29) is 17.4 Å². The summed E-state index contributed by atoms with van der Waals surface area (Å²) in [7, 11) is 0. The molecule has 2 aromatic carbocycles. The Bertz CT molecular complexity index is 994. The van der Waals surface area contributed by atoms with Gasteiger partial charge in [-0.05, 0) is 49.2 Å². The fraction of sp³-hybridized carbons (Fsp3) is 0.158. The van der Waals surface area contributed by atoms with E-state index in [1.54, 1.807) is 6.07 Å². The highest BCUT2D eigenvalue weighted by Gasteiger charge is 2.16. The third-order valence-corrected chi connectivity index (χ3v) is 4.05. The number of nitrogens with zero attached hydrogens (tertiary/aromatic N) is 2. The average Bonchev–Trinajstić information content (AvgIpc) is 2.92. The maximum Gasteiger partial charge on any atom is 0.339 e. The highest BCUT2D eigenvalue weighted by Crippen LogP contribution is 2.34. The Kier molecular flexibility index (Phi) is 3.74. The summed E-state index contributed by atoms with van der Waals surface area (Å²) in [6.45, 7) is 4.03. The summed E-state index contributed by atoms with van der Waals surface area (Å²) in [4.78, 5) is 11.0. The van der Waals surface area contributed by atoms with Crippen molar-refractivity contribution in [2.24, 2.45) is 0 Å². The number of carboxylic acids is 1. The Balaban J connectivity index is 2.27. The molecule has 0 aliphatic rings. The van der Waals surface area contributed by atoms with Crippen LogP contribution in [0.1, 0.15) is 35.9 Å². The van der Waals surface area contributed by atoms with Crippen LogP contribution in [-0.2, 0) is 0 Å². The molecule has 0 bridgehead atoms. The van der Waals surface area contributed by atoms with Crippen LogP contribution in [0.4, 0.5) is 0 Å². The van der Waals surface area contributed by atoms with Gasteiger partial charge in [0.05, 0.1) is 0 Å². The van der Waals surface area contributed by atoms with Gasteiger partial charge in [-0.2, -0.15) is 5.26 Å². The van der Waals surface area contributed by atoms with Crippen LogP contribution in [0.5, 0.6) is 5.75 Å². The Morgan fingerprint density at radius 1 is 1.21 bits per heavy atom. The number of rotatable bonds is 3. The van der Waals surface area contributed by atoms with Gasteiger partial charge in [-0.3, -0.25) is 0 Å². The van der Waals surface area contributed by atoms with E-state index in [0.717, 1.165) is 16.5 Å². The lowest BCUT2D eigenvalue weighted by Crippen LogP contribution is -2.02. The third kappa shape index (κ3) is 2.38. The van der Waals surface area contributed by atoms with Crippen molar-refractivity contribution in [3.05, 3.63) is 53.7 Å². The van der Waals surface area contributed by atoms with Crippen molar-refractivity contribution in [3.63, 3.8) is 0 Å². The van der Waals surface area contributed by atoms with Gasteiger partial charge in [-0.1, -0.05) is 18.2 Å². The normalized spacial score (nSPS) is 10.9. The second-order valence-corrected chi connectivity index (χ2v) is 5.88. The number of nitriles is 1. The lowest BCUT2D eigenvalue weighted by atomic mass is 9.99. The van der Waals surface area contributed by atoms with Crippen molar-refractivity contribution in [2.45, 2.75) is 19.9 Å². The number of aromatic nitrogens is 1. The molecule has 0 atom stereocenters. The van der Waals surface area contributed by atoms with Gasteiger partial charge in [0.15, 0.2) is 0 Å². The molecule has 1 heterocycles. The molecule has 0 radical (unpaired) electrons. The molecule has 0 amide bonds. The molecule has 24 heavy (non-hydrogen) atoms. The highest BCUT2D eigenvalue weighted by atomic mass is 16.4. The van der Waals surface area contributed by atoms with Crippen molar-refractivity contribution < 1.29 is 15.0 Å². The molecule has 0 aliphatic heterocycles. The summed E-state index contributed by atoms with van der Waals surface area (Å²) in [6.07, 6.45) is 0. The van der Waals surface area contributed by atoms with Crippen LogP contribution >= 0.6 is 0 Å². The van der Waals surface area contributed by atoms with E-state index in [9.17, 15) is 15.2 Å². The molecule has 120 valence electrons. The van der Waals surface area contributed by atoms with Crippen molar-refractivity contribution >= 4 is 16.9 Å². The quantitative estimate of drug-likeness (QED) is 0.758. The zero-order valence-corrected chi connectivity index (χ0v) is 13.3. The van der Waals surface area contributed by atoms with Crippen LogP contribution in [0.25, 0.3) is 22.0 Å². The summed E-state index contributed by atoms with van der Waals surface area (Å²) in [5.74, 6) is -1.45. The number of benzene rings is 2. The Morgan fingerprint density at radius 2 is 1.96 bits per heavy atom. The Morgan fingerprint density at radius 3 is 2.54 bits per heavy atom. The lowest BCUT2D eigenvalue weighted by Gasteiger charge is -2.12. The molecule has 3 rings (SSSR count). The summed E-state index contributed by atoms with van der Waals surface area (Å²) in [6, 6.07) is 14.4. The van der Waals surface area contributed by atoms with E-state index in [1.807, 2.05) is 42.7 Å². The first-order valence-corrected chi connectivity index (χ1v) is 7.54. The van der Waals surface area contributed by atoms with Crippen LogP contribution in [0.3, 0.4) is 0 Å². The molecule has 1 aromatic heterocycles. The van der Waals surface area contributed by atoms with Gasteiger partial charge in [-0.25, -0.2) is 4.79 Å². The van der Waals surface area contributed by atoms with Crippen molar-refractivity contribution in [1.82, 2.24) is 4.57 Å². The molecule has 0 unspecified atom stereocenters. The summed E-state index contributed by atoms with van der Waals surface area (Å²) in [5, 5.41) is 29.3. The maximum atomic E-state index is 11.0. The molecule has 0 aliphatic carbocycles. The van der Waals surface area contributed by atoms with Gasteiger partial charge in [0.25, 0.3) is 0 Å². The topological polar surface area (TPSA) is 86.2 Å². The minimum absolute atomic E-state index is 0.134. The smallest absolute Gasteiger partial charge is 0.339 e. The van der Waals surface area contributed by atoms with Gasteiger partial charge in [0.1, 0.15) is 23.1 Å². The standard InChI is InChI=1S/C19H16N2O3/c1-11(2)21-13(10-20)9-16-14(4-3-5-17(16)21)12-6-7-15(19(23)24)18(22)8-12/h3-9,11,22H,1-2H3,(H,23,24). The molecule has 2 N–H and O–H groups in total. The molecule has 3 aromatic rings. The van der Waals surface area contributed by atoms with Crippen molar-refractivity contribution in [1.29, 1.82) is 5.26 Å². The minimum atomic E-state index is -1.17. The number of carboxylic acid groups (broad SMARTS) is 1. The average molecular weight is 320 g/mol. The Labute approximate surface area is 139 Å². The van der Waals surface area contributed by atoms with Crippen molar-refractivity contribution in [3.8, 4) is 22.9 Å². The predicted molar refractivity (Wildman–Crippen MR) is 91.1 cm³/mol.